The predicted octanol–water partition coefficient (Wildman–Crippen LogP) is 3.17. The first-order chi connectivity index (χ1) is 8.72. The average Bonchev–Trinajstić information content (AvgIpc) is 2.32. The minimum absolute atomic E-state index is 0.0813. The summed E-state index contributed by atoms with van der Waals surface area (Å²) in [5, 5.41) is 0. The van der Waals surface area contributed by atoms with E-state index in [-0.39, 0.29) is 10.8 Å². The van der Waals surface area contributed by atoms with Gasteiger partial charge in [-0.25, -0.2) is 8.42 Å². The number of carbonyl (C=O) groups is 1. The van der Waals surface area contributed by atoms with E-state index in [1.54, 1.807) is 11.8 Å². The average molecular weight is 369 g/mol. The van der Waals surface area contributed by atoms with E-state index in [1.165, 1.54) is 12.1 Å². The third-order valence-electron chi connectivity index (χ3n) is 2.88. The first-order valence-electron chi connectivity index (χ1n) is 5.76. The van der Waals surface area contributed by atoms with E-state index >= 15 is 0 Å². The molecule has 0 unspecified atom stereocenters. The Morgan fingerprint density at radius 3 is 2.26 bits per heavy atom. The fraction of sp³-hybridized carbons (Fsp3) is 0.417. The van der Waals surface area contributed by atoms with Gasteiger partial charge in [0.2, 0.25) is 0 Å². The highest BCUT2D eigenvalue weighted by atomic mass is 79.9. The molecule has 1 aromatic carbocycles. The van der Waals surface area contributed by atoms with Gasteiger partial charge in [-0.2, -0.15) is 0 Å². The Kier molecular flexibility index (Phi) is 5.41. The van der Waals surface area contributed by atoms with Gasteiger partial charge in [0.05, 0.1) is 4.90 Å². The van der Waals surface area contributed by atoms with Crippen molar-refractivity contribution in [2.75, 3.05) is 13.1 Å². The van der Waals surface area contributed by atoms with Crippen LogP contribution in [0.1, 0.15) is 29.8 Å². The van der Waals surface area contributed by atoms with Crippen LogP contribution < -0.4 is 0 Å². The lowest BCUT2D eigenvalue weighted by molar-refractivity contribution is 0.0772. The number of hydrogen-bond acceptors (Lipinski definition) is 3. The summed E-state index contributed by atoms with van der Waals surface area (Å²) in [6.07, 6.45) is 0. The molecule has 0 saturated carbocycles. The standard InChI is InChI=1S/C12H15BrClNO3S/c1-4-15(5-2)12(16)10-6-9(19(14,17)18)7-11(13)8(10)3/h6-7H,4-5H2,1-3H3. The summed E-state index contributed by atoms with van der Waals surface area (Å²) in [4.78, 5) is 13.9. The zero-order valence-electron chi connectivity index (χ0n) is 10.9. The van der Waals surface area contributed by atoms with Crippen molar-refractivity contribution in [2.45, 2.75) is 25.7 Å². The van der Waals surface area contributed by atoms with Crippen LogP contribution in [-0.4, -0.2) is 32.3 Å². The quantitative estimate of drug-likeness (QED) is 0.767. The second-order valence-corrected chi connectivity index (χ2v) is 7.41. The van der Waals surface area contributed by atoms with E-state index in [0.29, 0.717) is 28.7 Å². The molecule has 0 N–H and O–H groups in total. The third kappa shape index (κ3) is 3.70. The van der Waals surface area contributed by atoms with Crippen molar-refractivity contribution in [3.8, 4) is 0 Å². The Balaban J connectivity index is 3.43. The summed E-state index contributed by atoms with van der Waals surface area (Å²) in [7, 11) is 1.47. The first kappa shape index (κ1) is 16.5. The van der Waals surface area contributed by atoms with E-state index in [0.717, 1.165) is 0 Å². The molecule has 1 aromatic rings. The van der Waals surface area contributed by atoms with Gasteiger partial charge in [0.1, 0.15) is 0 Å². The van der Waals surface area contributed by atoms with Gasteiger partial charge >= 0.3 is 0 Å². The molecule has 0 fully saturated rings. The molecule has 1 amide bonds. The number of hydrogen-bond donors (Lipinski definition) is 0. The molecule has 7 heteroatoms. The van der Waals surface area contributed by atoms with E-state index < -0.39 is 9.05 Å². The van der Waals surface area contributed by atoms with Gasteiger partial charge < -0.3 is 4.90 Å². The molecule has 0 aliphatic rings. The summed E-state index contributed by atoms with van der Waals surface area (Å²) < 4.78 is 23.3. The summed E-state index contributed by atoms with van der Waals surface area (Å²) in [6.45, 7) is 6.61. The van der Waals surface area contributed by atoms with Crippen LogP contribution in [0.4, 0.5) is 0 Å². The molecule has 0 aromatic heterocycles. The number of carbonyl (C=O) groups excluding carboxylic acids is 1. The van der Waals surface area contributed by atoms with Crippen LogP contribution in [0.25, 0.3) is 0 Å². The molecular formula is C12H15BrClNO3S. The molecule has 0 radical (unpaired) electrons. The fourth-order valence-electron chi connectivity index (χ4n) is 1.70. The molecule has 106 valence electrons. The van der Waals surface area contributed by atoms with E-state index in [9.17, 15) is 13.2 Å². The number of rotatable bonds is 4. The van der Waals surface area contributed by atoms with Gasteiger partial charge in [0.15, 0.2) is 0 Å². The molecular weight excluding hydrogens is 354 g/mol. The van der Waals surface area contributed by atoms with Crippen molar-refractivity contribution in [1.82, 2.24) is 4.90 Å². The van der Waals surface area contributed by atoms with E-state index in [4.69, 9.17) is 10.7 Å². The molecule has 0 atom stereocenters. The molecule has 0 heterocycles. The largest absolute Gasteiger partial charge is 0.339 e. The Labute approximate surface area is 126 Å². The normalized spacial score (nSPS) is 11.4. The minimum Gasteiger partial charge on any atom is -0.339 e. The second-order valence-electron chi connectivity index (χ2n) is 3.99. The second kappa shape index (κ2) is 6.24. The number of halogens is 2. The fourth-order valence-corrected chi connectivity index (χ4v) is 3.09. The maximum atomic E-state index is 12.3. The minimum atomic E-state index is -3.87. The maximum absolute atomic E-state index is 12.3. The lowest BCUT2D eigenvalue weighted by Crippen LogP contribution is -2.31. The van der Waals surface area contributed by atoms with Gasteiger partial charge in [0.25, 0.3) is 15.0 Å². The van der Waals surface area contributed by atoms with Crippen LogP contribution in [0.5, 0.6) is 0 Å². The number of amides is 1. The van der Waals surface area contributed by atoms with Gasteiger partial charge in [0, 0.05) is 33.8 Å². The highest BCUT2D eigenvalue weighted by Gasteiger charge is 2.21. The Hall–Kier alpha value is -0.590. The topological polar surface area (TPSA) is 54.5 Å². The Morgan fingerprint density at radius 2 is 1.84 bits per heavy atom. The molecule has 0 saturated heterocycles. The smallest absolute Gasteiger partial charge is 0.261 e. The van der Waals surface area contributed by atoms with Gasteiger partial charge in [-0.05, 0) is 38.5 Å². The number of benzene rings is 1. The van der Waals surface area contributed by atoms with Gasteiger partial charge in [-0.3, -0.25) is 4.79 Å². The molecule has 1 rings (SSSR count). The Morgan fingerprint density at radius 1 is 1.32 bits per heavy atom. The molecule has 0 aliphatic carbocycles. The zero-order chi connectivity index (χ0) is 14.8. The maximum Gasteiger partial charge on any atom is 0.261 e. The lowest BCUT2D eigenvalue weighted by atomic mass is 10.1. The van der Waals surface area contributed by atoms with Crippen LogP contribution in [0.2, 0.25) is 0 Å². The predicted molar refractivity (Wildman–Crippen MR) is 79.2 cm³/mol. The van der Waals surface area contributed by atoms with Gasteiger partial charge in [-0.15, -0.1) is 0 Å². The summed E-state index contributed by atoms with van der Waals surface area (Å²) >= 11 is 3.26. The monoisotopic (exact) mass is 367 g/mol. The highest BCUT2D eigenvalue weighted by Crippen LogP contribution is 2.27. The molecule has 19 heavy (non-hydrogen) atoms. The highest BCUT2D eigenvalue weighted by molar-refractivity contribution is 9.10. The van der Waals surface area contributed by atoms with Crippen molar-refractivity contribution in [2.24, 2.45) is 0 Å². The van der Waals surface area contributed by atoms with Crippen molar-refractivity contribution < 1.29 is 13.2 Å². The summed E-state index contributed by atoms with van der Waals surface area (Å²) in [6, 6.07) is 2.72. The van der Waals surface area contributed by atoms with Crippen LogP contribution in [0, 0.1) is 6.92 Å². The van der Waals surface area contributed by atoms with Crippen LogP contribution in [0.3, 0.4) is 0 Å². The van der Waals surface area contributed by atoms with Crippen LogP contribution >= 0.6 is 26.6 Å². The Bertz CT molecular complexity index is 597. The van der Waals surface area contributed by atoms with E-state index in [2.05, 4.69) is 15.9 Å². The first-order valence-corrected chi connectivity index (χ1v) is 8.86. The van der Waals surface area contributed by atoms with Crippen LogP contribution in [0.15, 0.2) is 21.5 Å². The van der Waals surface area contributed by atoms with Crippen molar-refractivity contribution in [1.29, 1.82) is 0 Å². The zero-order valence-corrected chi connectivity index (χ0v) is 14.1. The lowest BCUT2D eigenvalue weighted by Gasteiger charge is -2.20. The molecule has 0 aliphatic heterocycles. The van der Waals surface area contributed by atoms with Gasteiger partial charge in [-0.1, -0.05) is 15.9 Å². The van der Waals surface area contributed by atoms with Crippen molar-refractivity contribution >= 4 is 41.6 Å². The van der Waals surface area contributed by atoms with Crippen LogP contribution in [-0.2, 0) is 9.05 Å². The van der Waals surface area contributed by atoms with Crippen molar-refractivity contribution in [3.63, 3.8) is 0 Å². The van der Waals surface area contributed by atoms with Crippen molar-refractivity contribution in [3.05, 3.63) is 27.7 Å². The summed E-state index contributed by atoms with van der Waals surface area (Å²) in [5.41, 5.74) is 1.04. The third-order valence-corrected chi connectivity index (χ3v) is 5.04. The summed E-state index contributed by atoms with van der Waals surface area (Å²) in [5.74, 6) is -0.203. The molecule has 4 nitrogen and oxygen atoms in total. The SMILES string of the molecule is CCN(CC)C(=O)c1cc(S(=O)(=O)Cl)cc(Br)c1C. The van der Waals surface area contributed by atoms with E-state index in [1.807, 2.05) is 13.8 Å². The number of nitrogens with zero attached hydrogens (tertiary/aromatic N) is 1. The molecule has 0 bridgehead atoms. The molecule has 0 spiro atoms.